The number of halogens is 2. The van der Waals surface area contributed by atoms with Gasteiger partial charge in [0.2, 0.25) is 0 Å². The number of phenolic OH excluding ortho intramolecular Hbond substituents is 1. The highest BCUT2D eigenvalue weighted by atomic mass is 79.9. The normalized spacial score (nSPS) is 11.0. The summed E-state index contributed by atoms with van der Waals surface area (Å²) in [4.78, 5) is 16.3. The number of aliphatic imine (C=N–C) groups is 1. The van der Waals surface area contributed by atoms with Crippen LogP contribution in [-0.4, -0.2) is 17.2 Å². The lowest BCUT2D eigenvalue weighted by atomic mass is 10.2. The Morgan fingerprint density at radius 3 is 2.76 bits per heavy atom. The molecule has 0 aliphatic carbocycles. The van der Waals surface area contributed by atoms with Crippen molar-refractivity contribution in [1.82, 2.24) is 0 Å². The molecule has 25 heavy (non-hydrogen) atoms. The summed E-state index contributed by atoms with van der Waals surface area (Å²) in [6.45, 7) is 0. The van der Waals surface area contributed by atoms with Crippen LogP contribution < -0.4 is 5.32 Å². The molecule has 0 spiro atoms. The molecule has 0 saturated heterocycles. The highest BCUT2D eigenvalue weighted by Gasteiger charge is 2.09. The van der Waals surface area contributed by atoms with E-state index in [0.29, 0.717) is 21.4 Å². The van der Waals surface area contributed by atoms with Crippen LogP contribution >= 0.6 is 31.9 Å². The molecule has 7 heteroatoms. The quantitative estimate of drug-likeness (QED) is 0.500. The zero-order valence-electron chi connectivity index (χ0n) is 12.7. The first-order chi connectivity index (χ1) is 12.0. The topological polar surface area (TPSA) is 74.8 Å². The molecule has 5 nitrogen and oxygen atoms in total. The average molecular weight is 464 g/mol. The van der Waals surface area contributed by atoms with Gasteiger partial charge < -0.3 is 14.8 Å². The van der Waals surface area contributed by atoms with Gasteiger partial charge in [0.25, 0.3) is 5.91 Å². The lowest BCUT2D eigenvalue weighted by Gasteiger charge is -2.05. The molecule has 126 valence electrons. The Balaban J connectivity index is 1.79. The maximum absolute atomic E-state index is 12.0. The fraction of sp³-hybridized carbons (Fsp3) is 0. The molecule has 1 heterocycles. The van der Waals surface area contributed by atoms with Gasteiger partial charge in [0, 0.05) is 21.9 Å². The van der Waals surface area contributed by atoms with Gasteiger partial charge in [-0.3, -0.25) is 9.79 Å². The molecule has 0 atom stereocenters. The van der Waals surface area contributed by atoms with Crippen LogP contribution in [0.4, 0.5) is 11.4 Å². The summed E-state index contributed by atoms with van der Waals surface area (Å²) in [5.41, 5.74) is 1.79. The van der Waals surface area contributed by atoms with Crippen LogP contribution in [0.2, 0.25) is 0 Å². The van der Waals surface area contributed by atoms with E-state index < -0.39 is 0 Å². The molecule has 3 rings (SSSR count). The number of carbonyl (C=O) groups excluding carboxylic acids is 1. The molecule has 0 aliphatic rings. The molecule has 0 fully saturated rings. The summed E-state index contributed by atoms with van der Waals surface area (Å²) in [5.74, 6) is 0.00624. The number of hydrogen-bond donors (Lipinski definition) is 2. The van der Waals surface area contributed by atoms with E-state index >= 15 is 0 Å². The van der Waals surface area contributed by atoms with Crippen molar-refractivity contribution >= 4 is 55.4 Å². The average Bonchev–Trinajstić information content (AvgIpc) is 3.12. The molecule has 1 aromatic heterocycles. The van der Waals surface area contributed by atoms with Gasteiger partial charge in [-0.05, 0) is 58.4 Å². The van der Waals surface area contributed by atoms with E-state index in [1.807, 2.05) is 0 Å². The van der Waals surface area contributed by atoms with E-state index in [1.165, 1.54) is 6.26 Å². The van der Waals surface area contributed by atoms with Crippen LogP contribution in [0.1, 0.15) is 16.1 Å². The zero-order chi connectivity index (χ0) is 17.8. The lowest BCUT2D eigenvalue weighted by Crippen LogP contribution is -2.10. The summed E-state index contributed by atoms with van der Waals surface area (Å²) in [6.07, 6.45) is 3.00. The number of hydrogen-bond acceptors (Lipinski definition) is 4. The number of nitrogens with one attached hydrogen (secondary N) is 1. The smallest absolute Gasteiger partial charge is 0.291 e. The van der Waals surface area contributed by atoms with Crippen molar-refractivity contribution < 1.29 is 14.3 Å². The Kier molecular flexibility index (Phi) is 5.35. The molecular weight excluding hydrogens is 452 g/mol. The fourth-order valence-electron chi connectivity index (χ4n) is 2.09. The SMILES string of the molecule is O=C(Nc1cccc(/N=C/c2cc(Br)cc(Br)c2O)c1)c1ccco1. The van der Waals surface area contributed by atoms with E-state index in [9.17, 15) is 9.90 Å². The largest absolute Gasteiger partial charge is 0.506 e. The van der Waals surface area contributed by atoms with Gasteiger partial charge >= 0.3 is 0 Å². The van der Waals surface area contributed by atoms with Crippen LogP contribution in [0.5, 0.6) is 5.75 Å². The van der Waals surface area contributed by atoms with Gasteiger partial charge in [0.05, 0.1) is 16.4 Å². The second-order valence-electron chi connectivity index (χ2n) is 5.07. The third-order valence-corrected chi connectivity index (χ3v) is 4.32. The van der Waals surface area contributed by atoms with Gasteiger partial charge in [-0.1, -0.05) is 22.0 Å². The molecule has 0 unspecified atom stereocenters. The molecule has 2 aromatic carbocycles. The highest BCUT2D eigenvalue weighted by molar-refractivity contribution is 9.11. The van der Waals surface area contributed by atoms with Crippen LogP contribution in [0, 0.1) is 0 Å². The number of benzene rings is 2. The first-order valence-electron chi connectivity index (χ1n) is 7.20. The van der Waals surface area contributed by atoms with Gasteiger partial charge in [0.15, 0.2) is 5.76 Å². The van der Waals surface area contributed by atoms with Crippen LogP contribution in [0.25, 0.3) is 0 Å². The first-order valence-corrected chi connectivity index (χ1v) is 8.78. The maximum atomic E-state index is 12.0. The summed E-state index contributed by atoms with van der Waals surface area (Å²) in [5, 5.41) is 12.8. The van der Waals surface area contributed by atoms with E-state index in [0.717, 1.165) is 4.47 Å². The monoisotopic (exact) mass is 462 g/mol. The van der Waals surface area contributed by atoms with Gasteiger partial charge in [-0.25, -0.2) is 0 Å². The number of aromatic hydroxyl groups is 1. The van der Waals surface area contributed by atoms with Crippen LogP contribution in [0.15, 0.2) is 73.1 Å². The van der Waals surface area contributed by atoms with Crippen molar-refractivity contribution in [2.24, 2.45) is 4.99 Å². The number of anilines is 1. The van der Waals surface area contributed by atoms with Crippen molar-refractivity contribution in [3.63, 3.8) is 0 Å². The molecular formula is C18H12Br2N2O3. The van der Waals surface area contributed by atoms with Crippen molar-refractivity contribution in [3.05, 3.63) is 75.1 Å². The minimum Gasteiger partial charge on any atom is -0.506 e. The molecule has 0 bridgehead atoms. The predicted molar refractivity (Wildman–Crippen MR) is 104 cm³/mol. The van der Waals surface area contributed by atoms with E-state index in [1.54, 1.807) is 54.7 Å². The van der Waals surface area contributed by atoms with Crippen molar-refractivity contribution in [2.45, 2.75) is 0 Å². The molecule has 0 saturated carbocycles. The molecule has 2 N–H and O–H groups in total. The standard InChI is InChI=1S/C18H12Br2N2O3/c19-12-7-11(17(23)15(20)8-12)10-21-13-3-1-4-14(9-13)22-18(24)16-5-2-6-25-16/h1-10,23H,(H,22,24)/b21-10+. The number of rotatable bonds is 4. The van der Waals surface area contributed by atoms with Gasteiger partial charge in [0.1, 0.15) is 5.75 Å². The van der Waals surface area contributed by atoms with Crippen molar-refractivity contribution in [2.75, 3.05) is 5.32 Å². The number of furan rings is 1. The van der Waals surface area contributed by atoms with Crippen molar-refractivity contribution in [3.8, 4) is 5.75 Å². The minimum absolute atomic E-state index is 0.106. The summed E-state index contributed by atoms with van der Waals surface area (Å²) >= 11 is 6.65. The number of phenols is 1. The first kappa shape index (κ1) is 17.4. The summed E-state index contributed by atoms with van der Waals surface area (Å²) in [7, 11) is 0. The van der Waals surface area contributed by atoms with E-state index in [2.05, 4.69) is 42.2 Å². The number of carbonyl (C=O) groups is 1. The fourth-order valence-corrected chi connectivity index (χ4v) is 3.35. The highest BCUT2D eigenvalue weighted by Crippen LogP contribution is 2.31. The van der Waals surface area contributed by atoms with Gasteiger partial charge in [-0.15, -0.1) is 0 Å². The lowest BCUT2D eigenvalue weighted by molar-refractivity contribution is 0.0996. The number of amides is 1. The van der Waals surface area contributed by atoms with E-state index in [4.69, 9.17) is 4.42 Å². The molecule has 1 amide bonds. The predicted octanol–water partition coefficient (Wildman–Crippen LogP) is 5.51. The van der Waals surface area contributed by atoms with Crippen LogP contribution in [0.3, 0.4) is 0 Å². The summed E-state index contributed by atoms with van der Waals surface area (Å²) in [6, 6.07) is 13.8. The Morgan fingerprint density at radius 2 is 2.00 bits per heavy atom. The molecule has 0 aliphatic heterocycles. The maximum Gasteiger partial charge on any atom is 0.291 e. The van der Waals surface area contributed by atoms with Gasteiger partial charge in [-0.2, -0.15) is 0 Å². The third-order valence-electron chi connectivity index (χ3n) is 3.26. The van der Waals surface area contributed by atoms with E-state index in [-0.39, 0.29) is 17.4 Å². The molecule has 0 radical (unpaired) electrons. The minimum atomic E-state index is -0.334. The molecule has 3 aromatic rings. The Bertz CT molecular complexity index is 937. The third kappa shape index (κ3) is 4.37. The van der Waals surface area contributed by atoms with Crippen LogP contribution in [-0.2, 0) is 0 Å². The zero-order valence-corrected chi connectivity index (χ0v) is 15.9. The Hall–Kier alpha value is -2.38. The summed E-state index contributed by atoms with van der Waals surface area (Å²) < 4.78 is 6.45. The Morgan fingerprint density at radius 1 is 1.16 bits per heavy atom. The number of nitrogens with zero attached hydrogens (tertiary/aromatic N) is 1. The second-order valence-corrected chi connectivity index (χ2v) is 6.84. The van der Waals surface area contributed by atoms with Crippen molar-refractivity contribution in [1.29, 1.82) is 0 Å². The Labute approximate surface area is 160 Å². The second kappa shape index (κ2) is 7.67.